The van der Waals surface area contributed by atoms with Gasteiger partial charge < -0.3 is 10.1 Å². The van der Waals surface area contributed by atoms with E-state index in [0.29, 0.717) is 18.1 Å². The highest BCUT2D eigenvalue weighted by Gasteiger charge is 2.10. The fourth-order valence-electron chi connectivity index (χ4n) is 2.61. The average Bonchev–Trinajstić information content (AvgIpc) is 3.13. The van der Waals surface area contributed by atoms with Crippen LogP contribution in [0, 0.1) is 10.1 Å². The number of nitro groups is 1. The molecule has 0 unspecified atom stereocenters. The van der Waals surface area contributed by atoms with E-state index in [4.69, 9.17) is 4.74 Å². The van der Waals surface area contributed by atoms with E-state index < -0.39 is 4.92 Å². The van der Waals surface area contributed by atoms with E-state index in [0.717, 1.165) is 12.0 Å². The molecule has 0 aliphatic rings. The number of rotatable bonds is 8. The molecule has 1 N–H and O–H groups in total. The number of aromatic nitrogens is 2. The number of nitrogens with zero attached hydrogens (tertiary/aromatic N) is 3. The fraction of sp³-hybridized carbons (Fsp3) is 0.200. The summed E-state index contributed by atoms with van der Waals surface area (Å²) in [6, 6.07) is 15.5. The van der Waals surface area contributed by atoms with Crippen LogP contribution in [0.15, 0.2) is 60.8 Å². The number of nitro benzene ring substituents is 1. The molecule has 8 heteroatoms. The number of carbonyl (C=O) groups is 1. The lowest BCUT2D eigenvalue weighted by molar-refractivity contribution is -0.384. The molecule has 0 fully saturated rings. The van der Waals surface area contributed by atoms with E-state index in [1.807, 2.05) is 12.1 Å². The van der Waals surface area contributed by atoms with Gasteiger partial charge in [-0.05, 0) is 29.7 Å². The molecule has 0 saturated heterocycles. The molecule has 144 valence electrons. The van der Waals surface area contributed by atoms with Gasteiger partial charge in [0.2, 0.25) is 0 Å². The molecule has 0 saturated carbocycles. The van der Waals surface area contributed by atoms with E-state index in [-0.39, 0.29) is 18.2 Å². The Morgan fingerprint density at radius 1 is 1.11 bits per heavy atom. The van der Waals surface area contributed by atoms with E-state index in [1.54, 1.807) is 16.9 Å². The van der Waals surface area contributed by atoms with E-state index in [1.165, 1.54) is 29.8 Å². The molecule has 0 atom stereocenters. The minimum Gasteiger partial charge on any atom is -0.484 e. The lowest BCUT2D eigenvalue weighted by Crippen LogP contribution is -2.22. The maximum Gasteiger partial charge on any atom is 0.269 e. The summed E-state index contributed by atoms with van der Waals surface area (Å²) in [5.41, 5.74) is 2.31. The highest BCUT2D eigenvalue weighted by Crippen LogP contribution is 2.17. The van der Waals surface area contributed by atoms with Gasteiger partial charge in [-0.2, -0.15) is 5.10 Å². The van der Waals surface area contributed by atoms with E-state index in [9.17, 15) is 14.9 Å². The Morgan fingerprint density at radius 3 is 2.43 bits per heavy atom. The van der Waals surface area contributed by atoms with E-state index in [2.05, 4.69) is 29.5 Å². The number of ether oxygens (including phenoxy) is 1. The highest BCUT2D eigenvalue weighted by atomic mass is 16.6. The molecule has 1 amide bonds. The Morgan fingerprint density at radius 2 is 1.79 bits per heavy atom. The minimum absolute atomic E-state index is 0.0346. The van der Waals surface area contributed by atoms with Crippen molar-refractivity contribution in [2.24, 2.45) is 0 Å². The van der Waals surface area contributed by atoms with Crippen molar-refractivity contribution in [1.82, 2.24) is 9.78 Å². The van der Waals surface area contributed by atoms with Crippen molar-refractivity contribution in [2.75, 3.05) is 11.9 Å². The van der Waals surface area contributed by atoms with Crippen LogP contribution in [-0.4, -0.2) is 27.2 Å². The van der Waals surface area contributed by atoms with Gasteiger partial charge in [0, 0.05) is 18.2 Å². The van der Waals surface area contributed by atoms with Crippen molar-refractivity contribution in [3.63, 3.8) is 0 Å². The second-order valence-corrected chi connectivity index (χ2v) is 6.13. The minimum atomic E-state index is -0.493. The number of benzene rings is 2. The molecule has 1 heterocycles. The molecule has 28 heavy (non-hydrogen) atoms. The van der Waals surface area contributed by atoms with Gasteiger partial charge in [-0.25, -0.2) is 4.68 Å². The first-order valence-corrected chi connectivity index (χ1v) is 8.82. The first-order valence-electron chi connectivity index (χ1n) is 8.82. The Bertz CT molecular complexity index is 949. The Hall–Kier alpha value is -3.68. The van der Waals surface area contributed by atoms with Gasteiger partial charge >= 0.3 is 0 Å². The van der Waals surface area contributed by atoms with Crippen LogP contribution < -0.4 is 10.1 Å². The summed E-state index contributed by atoms with van der Waals surface area (Å²) in [6.07, 6.45) is 2.60. The first-order chi connectivity index (χ1) is 13.5. The molecule has 0 aliphatic heterocycles. The van der Waals surface area contributed by atoms with Crippen molar-refractivity contribution in [1.29, 1.82) is 0 Å². The van der Waals surface area contributed by atoms with Gasteiger partial charge in [-0.3, -0.25) is 14.9 Å². The van der Waals surface area contributed by atoms with Crippen LogP contribution in [0.2, 0.25) is 0 Å². The molecule has 0 spiro atoms. The van der Waals surface area contributed by atoms with Gasteiger partial charge in [0.1, 0.15) is 11.6 Å². The first kappa shape index (κ1) is 19.1. The number of nitrogens with one attached hydrogen (secondary N) is 1. The Labute approximate surface area is 161 Å². The zero-order valence-corrected chi connectivity index (χ0v) is 15.4. The highest BCUT2D eigenvalue weighted by molar-refractivity contribution is 5.91. The SMILES string of the molecule is CCc1ccc(Cn2nccc2NC(=O)COc2ccc([N+](=O)[O-])cc2)cc1. The molecule has 1 aromatic heterocycles. The van der Waals surface area contributed by atoms with Crippen LogP contribution in [0.4, 0.5) is 11.5 Å². The van der Waals surface area contributed by atoms with Gasteiger partial charge in [-0.15, -0.1) is 0 Å². The maximum atomic E-state index is 12.2. The Kier molecular flexibility index (Phi) is 6.01. The lowest BCUT2D eigenvalue weighted by Gasteiger charge is -2.10. The number of carbonyl (C=O) groups excluding carboxylic acids is 1. The second kappa shape index (κ2) is 8.81. The molecule has 0 aliphatic carbocycles. The molecular formula is C20H20N4O4. The smallest absolute Gasteiger partial charge is 0.269 e. The zero-order valence-electron chi connectivity index (χ0n) is 15.4. The number of hydrogen-bond donors (Lipinski definition) is 1. The monoisotopic (exact) mass is 380 g/mol. The number of amides is 1. The lowest BCUT2D eigenvalue weighted by atomic mass is 10.1. The van der Waals surface area contributed by atoms with Crippen LogP contribution in [0.1, 0.15) is 18.1 Å². The van der Waals surface area contributed by atoms with Crippen molar-refractivity contribution >= 4 is 17.4 Å². The molecule has 2 aromatic carbocycles. The molecule has 3 rings (SSSR count). The van der Waals surface area contributed by atoms with Gasteiger partial charge in [0.25, 0.3) is 11.6 Å². The summed E-state index contributed by atoms with van der Waals surface area (Å²) >= 11 is 0. The Balaban J connectivity index is 1.55. The van der Waals surface area contributed by atoms with E-state index >= 15 is 0 Å². The summed E-state index contributed by atoms with van der Waals surface area (Å²) in [7, 11) is 0. The van der Waals surface area contributed by atoms with Crippen LogP contribution in [0.25, 0.3) is 0 Å². The summed E-state index contributed by atoms with van der Waals surface area (Å²) in [4.78, 5) is 22.3. The summed E-state index contributed by atoms with van der Waals surface area (Å²) < 4.78 is 7.07. The van der Waals surface area contributed by atoms with Gasteiger partial charge in [0.15, 0.2) is 6.61 Å². The van der Waals surface area contributed by atoms with Crippen LogP contribution in [0.3, 0.4) is 0 Å². The third kappa shape index (κ3) is 4.94. The predicted molar refractivity (Wildman–Crippen MR) is 104 cm³/mol. The standard InChI is InChI=1S/C20H20N4O4/c1-2-15-3-5-16(6-4-15)13-23-19(11-12-21-23)22-20(25)14-28-18-9-7-17(8-10-18)24(26)27/h3-12H,2,13-14H2,1H3,(H,22,25). The number of hydrogen-bond acceptors (Lipinski definition) is 5. The average molecular weight is 380 g/mol. The number of anilines is 1. The number of non-ortho nitro benzene ring substituents is 1. The van der Waals surface area contributed by atoms with Crippen LogP contribution >= 0.6 is 0 Å². The molecule has 0 radical (unpaired) electrons. The van der Waals surface area contributed by atoms with Crippen molar-refractivity contribution in [2.45, 2.75) is 19.9 Å². The van der Waals surface area contributed by atoms with Gasteiger partial charge in [-0.1, -0.05) is 31.2 Å². The van der Waals surface area contributed by atoms with Crippen molar-refractivity contribution in [3.05, 3.63) is 82.0 Å². The fourth-order valence-corrected chi connectivity index (χ4v) is 2.61. The second-order valence-electron chi connectivity index (χ2n) is 6.13. The summed E-state index contributed by atoms with van der Waals surface area (Å²) in [5.74, 6) is 0.601. The molecule has 0 bridgehead atoms. The quantitative estimate of drug-likeness (QED) is 0.477. The molecule has 8 nitrogen and oxygen atoms in total. The van der Waals surface area contributed by atoms with Crippen molar-refractivity contribution < 1.29 is 14.5 Å². The zero-order chi connectivity index (χ0) is 19.9. The largest absolute Gasteiger partial charge is 0.484 e. The normalized spacial score (nSPS) is 10.5. The van der Waals surface area contributed by atoms with Crippen molar-refractivity contribution in [3.8, 4) is 5.75 Å². The molecular weight excluding hydrogens is 360 g/mol. The number of aryl methyl sites for hydroxylation is 1. The third-order valence-electron chi connectivity index (χ3n) is 4.17. The maximum absolute atomic E-state index is 12.2. The summed E-state index contributed by atoms with van der Waals surface area (Å²) in [6.45, 7) is 2.43. The third-order valence-corrected chi connectivity index (χ3v) is 4.17. The van der Waals surface area contributed by atoms with Crippen LogP contribution in [0.5, 0.6) is 5.75 Å². The summed E-state index contributed by atoms with van der Waals surface area (Å²) in [5, 5.41) is 17.7. The predicted octanol–water partition coefficient (Wildman–Crippen LogP) is 3.42. The topological polar surface area (TPSA) is 99.3 Å². The molecule has 3 aromatic rings. The van der Waals surface area contributed by atoms with Crippen LogP contribution in [-0.2, 0) is 17.8 Å². The van der Waals surface area contributed by atoms with Gasteiger partial charge in [0.05, 0.1) is 17.7 Å².